The lowest BCUT2D eigenvalue weighted by Gasteiger charge is -2.17. The number of halogens is 1. The van der Waals surface area contributed by atoms with Crippen molar-refractivity contribution in [3.8, 4) is 11.5 Å². The van der Waals surface area contributed by atoms with Gasteiger partial charge in [0.2, 0.25) is 12.7 Å². The molecule has 0 aromatic heterocycles. The van der Waals surface area contributed by atoms with E-state index in [1.54, 1.807) is 30.3 Å². The Balaban J connectivity index is 1.30. The average Bonchev–Trinajstić information content (AvgIpc) is 3.37. The Hall–Kier alpha value is -4.30. The highest BCUT2D eigenvalue weighted by molar-refractivity contribution is 8.00. The van der Waals surface area contributed by atoms with Crippen molar-refractivity contribution in [2.75, 3.05) is 17.4 Å². The van der Waals surface area contributed by atoms with Crippen LogP contribution in [0.4, 0.5) is 15.8 Å². The van der Waals surface area contributed by atoms with Crippen LogP contribution in [0.15, 0.2) is 102 Å². The Bertz CT molecular complexity index is 1380. The van der Waals surface area contributed by atoms with Crippen LogP contribution in [-0.4, -0.2) is 18.6 Å². The summed E-state index contributed by atoms with van der Waals surface area (Å²) in [5.74, 6) is 0.325. The third-order valence-corrected chi connectivity index (χ3v) is 6.72. The first-order chi connectivity index (χ1) is 17.5. The van der Waals surface area contributed by atoms with E-state index < -0.39 is 11.1 Å². The van der Waals surface area contributed by atoms with Gasteiger partial charge in [0.1, 0.15) is 11.1 Å². The van der Waals surface area contributed by atoms with Gasteiger partial charge >= 0.3 is 0 Å². The summed E-state index contributed by atoms with van der Waals surface area (Å²) in [5.41, 5.74) is 2.42. The van der Waals surface area contributed by atoms with E-state index in [1.165, 1.54) is 36.0 Å². The lowest BCUT2D eigenvalue weighted by Crippen LogP contribution is -2.19. The number of fused-ring (bicyclic) bond motifs is 1. The van der Waals surface area contributed by atoms with Crippen molar-refractivity contribution >= 4 is 35.0 Å². The largest absolute Gasteiger partial charge is 0.454 e. The van der Waals surface area contributed by atoms with Gasteiger partial charge in [0.15, 0.2) is 11.5 Å². The van der Waals surface area contributed by atoms with E-state index in [4.69, 9.17) is 9.47 Å². The highest BCUT2D eigenvalue weighted by Crippen LogP contribution is 2.38. The zero-order valence-corrected chi connectivity index (χ0v) is 19.8. The second-order valence-corrected chi connectivity index (χ2v) is 9.13. The second kappa shape index (κ2) is 10.5. The molecule has 8 heteroatoms. The SMILES string of the molecule is O=C(Nc1ccc(SC(C(=O)Nc2ccc3c(c2)OCO3)c2ccccc2)cc1)c1ccc(F)cc1. The molecule has 5 rings (SSSR count). The number of nitrogens with one attached hydrogen (secondary N) is 2. The minimum absolute atomic E-state index is 0.162. The number of amides is 2. The molecule has 0 saturated carbocycles. The maximum Gasteiger partial charge on any atom is 0.255 e. The molecule has 2 N–H and O–H groups in total. The summed E-state index contributed by atoms with van der Waals surface area (Å²) in [6, 6.07) is 27.4. The summed E-state index contributed by atoms with van der Waals surface area (Å²) in [7, 11) is 0. The summed E-state index contributed by atoms with van der Waals surface area (Å²) in [6.07, 6.45) is 0. The highest BCUT2D eigenvalue weighted by atomic mass is 32.2. The van der Waals surface area contributed by atoms with Crippen LogP contribution in [0.3, 0.4) is 0 Å². The van der Waals surface area contributed by atoms with Crippen LogP contribution >= 0.6 is 11.8 Å². The van der Waals surface area contributed by atoms with Gasteiger partial charge in [0.25, 0.3) is 5.91 Å². The maximum absolute atomic E-state index is 13.3. The predicted octanol–water partition coefficient (Wildman–Crippen LogP) is 6.28. The number of hydrogen-bond donors (Lipinski definition) is 2. The number of hydrogen-bond acceptors (Lipinski definition) is 5. The van der Waals surface area contributed by atoms with Crippen molar-refractivity contribution in [3.63, 3.8) is 0 Å². The summed E-state index contributed by atoms with van der Waals surface area (Å²) < 4.78 is 23.9. The molecule has 4 aromatic carbocycles. The topological polar surface area (TPSA) is 76.7 Å². The molecule has 1 heterocycles. The molecule has 1 unspecified atom stereocenters. The van der Waals surface area contributed by atoms with Gasteiger partial charge in [-0.25, -0.2) is 4.39 Å². The first-order valence-electron chi connectivity index (χ1n) is 11.1. The Morgan fingerprint density at radius 2 is 1.47 bits per heavy atom. The molecule has 180 valence electrons. The van der Waals surface area contributed by atoms with Gasteiger partial charge in [-0.1, -0.05) is 30.3 Å². The van der Waals surface area contributed by atoms with Crippen LogP contribution in [-0.2, 0) is 4.79 Å². The second-order valence-electron chi connectivity index (χ2n) is 7.95. The lowest BCUT2D eigenvalue weighted by molar-refractivity contribution is -0.115. The van der Waals surface area contributed by atoms with Crippen molar-refractivity contribution in [2.24, 2.45) is 0 Å². The van der Waals surface area contributed by atoms with Gasteiger partial charge < -0.3 is 20.1 Å². The van der Waals surface area contributed by atoms with E-state index in [0.29, 0.717) is 28.4 Å². The monoisotopic (exact) mass is 500 g/mol. The third-order valence-electron chi connectivity index (χ3n) is 5.45. The Labute approximate surface area is 211 Å². The van der Waals surface area contributed by atoms with Crippen molar-refractivity contribution < 1.29 is 23.5 Å². The minimum Gasteiger partial charge on any atom is -0.454 e. The maximum atomic E-state index is 13.3. The molecule has 1 aliphatic heterocycles. The van der Waals surface area contributed by atoms with Crippen LogP contribution < -0.4 is 20.1 Å². The normalized spacial score (nSPS) is 12.6. The Morgan fingerprint density at radius 1 is 0.778 bits per heavy atom. The fraction of sp³-hybridized carbons (Fsp3) is 0.0714. The third kappa shape index (κ3) is 5.50. The first-order valence-corrected chi connectivity index (χ1v) is 12.0. The van der Waals surface area contributed by atoms with Crippen LogP contribution in [0.5, 0.6) is 11.5 Å². The number of anilines is 2. The predicted molar refractivity (Wildman–Crippen MR) is 137 cm³/mol. The van der Waals surface area contributed by atoms with Crippen molar-refractivity contribution in [2.45, 2.75) is 10.1 Å². The molecule has 0 spiro atoms. The number of rotatable bonds is 7. The number of carbonyl (C=O) groups excluding carboxylic acids is 2. The number of benzene rings is 4. The van der Waals surface area contributed by atoms with Crippen molar-refractivity contribution in [1.29, 1.82) is 0 Å². The first kappa shape index (κ1) is 23.4. The average molecular weight is 501 g/mol. The van der Waals surface area contributed by atoms with E-state index in [0.717, 1.165) is 10.5 Å². The molecule has 1 aliphatic rings. The molecule has 4 aromatic rings. The number of carbonyl (C=O) groups is 2. The molecule has 0 radical (unpaired) electrons. The Morgan fingerprint density at radius 3 is 2.22 bits per heavy atom. The summed E-state index contributed by atoms with van der Waals surface area (Å²) in [5, 5.41) is 5.25. The van der Waals surface area contributed by atoms with Gasteiger partial charge in [-0.15, -0.1) is 11.8 Å². The van der Waals surface area contributed by atoms with Gasteiger partial charge in [-0.05, 0) is 66.2 Å². The van der Waals surface area contributed by atoms with E-state index >= 15 is 0 Å². The van der Waals surface area contributed by atoms with Crippen LogP contribution in [0.2, 0.25) is 0 Å². The van der Waals surface area contributed by atoms with E-state index in [9.17, 15) is 14.0 Å². The van der Waals surface area contributed by atoms with Crippen LogP contribution in [0, 0.1) is 5.82 Å². The standard InChI is InChI=1S/C28H21FN2O4S/c29-20-8-6-19(7-9-20)27(32)30-21-10-13-23(14-11-21)36-26(18-4-2-1-3-5-18)28(33)31-22-12-15-24-25(16-22)35-17-34-24/h1-16,26H,17H2,(H,30,32)(H,31,33). The van der Waals surface area contributed by atoms with E-state index in [2.05, 4.69) is 10.6 Å². The molecule has 0 bridgehead atoms. The molecule has 0 fully saturated rings. The smallest absolute Gasteiger partial charge is 0.255 e. The fourth-order valence-electron chi connectivity index (χ4n) is 3.64. The zero-order valence-electron chi connectivity index (χ0n) is 18.9. The van der Waals surface area contributed by atoms with Gasteiger partial charge in [-0.3, -0.25) is 9.59 Å². The molecule has 0 aliphatic carbocycles. The molecule has 2 amide bonds. The summed E-state index contributed by atoms with van der Waals surface area (Å²) in [4.78, 5) is 26.6. The van der Waals surface area contributed by atoms with Gasteiger partial charge in [0, 0.05) is 27.9 Å². The summed E-state index contributed by atoms with van der Waals surface area (Å²) in [6.45, 7) is 0.162. The quantitative estimate of drug-likeness (QED) is 0.292. The zero-order chi connectivity index (χ0) is 24.9. The van der Waals surface area contributed by atoms with Crippen LogP contribution in [0.25, 0.3) is 0 Å². The van der Waals surface area contributed by atoms with E-state index in [-0.39, 0.29) is 18.6 Å². The van der Waals surface area contributed by atoms with Gasteiger partial charge in [0.05, 0.1) is 0 Å². The molecular weight excluding hydrogens is 479 g/mol. The van der Waals surface area contributed by atoms with Gasteiger partial charge in [-0.2, -0.15) is 0 Å². The van der Waals surface area contributed by atoms with Crippen molar-refractivity contribution in [1.82, 2.24) is 0 Å². The fourth-order valence-corrected chi connectivity index (χ4v) is 4.66. The molecule has 6 nitrogen and oxygen atoms in total. The number of ether oxygens (including phenoxy) is 2. The molecule has 1 atom stereocenters. The molecule has 0 saturated heterocycles. The highest BCUT2D eigenvalue weighted by Gasteiger charge is 2.23. The number of thioether (sulfide) groups is 1. The van der Waals surface area contributed by atoms with E-state index in [1.807, 2.05) is 42.5 Å². The molecular formula is C28H21FN2O4S. The van der Waals surface area contributed by atoms with Crippen LogP contribution in [0.1, 0.15) is 21.2 Å². The Kier molecular flexibility index (Phi) is 6.86. The summed E-state index contributed by atoms with van der Waals surface area (Å²) >= 11 is 1.40. The molecule has 36 heavy (non-hydrogen) atoms. The minimum atomic E-state index is -0.517. The van der Waals surface area contributed by atoms with Crippen molar-refractivity contribution in [3.05, 3.63) is 114 Å². The lowest BCUT2D eigenvalue weighted by atomic mass is 10.1.